The number of thioether (sulfide) groups is 1. The highest BCUT2D eigenvalue weighted by Gasteiger charge is 2.22. The molecule has 0 aliphatic rings. The Hall–Kier alpha value is -3.19. The number of nitrogens with one attached hydrogen (secondary N) is 2. The molecule has 0 bridgehead atoms. The van der Waals surface area contributed by atoms with Crippen molar-refractivity contribution in [2.45, 2.75) is 26.0 Å². The van der Waals surface area contributed by atoms with Crippen molar-refractivity contribution in [3.8, 4) is 5.75 Å². The summed E-state index contributed by atoms with van der Waals surface area (Å²) in [6, 6.07) is 18.0. The lowest BCUT2D eigenvalue weighted by atomic mass is 10.1. The first-order chi connectivity index (χ1) is 15.1. The molecule has 0 aliphatic carbocycles. The lowest BCUT2D eigenvalue weighted by molar-refractivity contribution is -0.118. The molecule has 1 heterocycles. The standard InChI is InChI=1S/C24H26N2O4S/c1-17-15-19(30-16-18-7-4-3-5-8-18)10-11-20(17)25-23(27)21(12-14-31-2)26-24(28)22-9-6-13-29-22/h3-11,13,15,21H,12,14,16H2,1-2H3,(H,25,27)(H,26,28). The van der Waals surface area contributed by atoms with E-state index in [0.717, 1.165) is 22.6 Å². The first kappa shape index (κ1) is 22.5. The quantitative estimate of drug-likeness (QED) is 0.481. The van der Waals surface area contributed by atoms with Crippen LogP contribution in [0.1, 0.15) is 28.1 Å². The molecule has 0 aliphatic heterocycles. The molecular weight excluding hydrogens is 412 g/mol. The smallest absolute Gasteiger partial charge is 0.287 e. The number of anilines is 1. The zero-order chi connectivity index (χ0) is 22.1. The predicted molar refractivity (Wildman–Crippen MR) is 124 cm³/mol. The van der Waals surface area contributed by atoms with Gasteiger partial charge in [0.15, 0.2) is 5.76 Å². The van der Waals surface area contributed by atoms with Gasteiger partial charge < -0.3 is 19.8 Å². The summed E-state index contributed by atoms with van der Waals surface area (Å²) in [5.41, 5.74) is 2.64. The predicted octanol–water partition coefficient (Wildman–Crippen LogP) is 4.66. The number of hydrogen-bond acceptors (Lipinski definition) is 5. The van der Waals surface area contributed by atoms with Crippen LogP contribution in [-0.4, -0.2) is 29.9 Å². The molecule has 2 amide bonds. The number of aryl methyl sites for hydroxylation is 1. The van der Waals surface area contributed by atoms with Gasteiger partial charge in [0.2, 0.25) is 5.91 Å². The van der Waals surface area contributed by atoms with Crippen molar-refractivity contribution in [2.24, 2.45) is 0 Å². The number of furan rings is 1. The summed E-state index contributed by atoms with van der Waals surface area (Å²) in [5, 5.41) is 5.68. The number of hydrogen-bond donors (Lipinski definition) is 2. The molecule has 2 aromatic carbocycles. The largest absolute Gasteiger partial charge is 0.489 e. The number of ether oxygens (including phenoxy) is 1. The van der Waals surface area contributed by atoms with Gasteiger partial charge in [-0.1, -0.05) is 30.3 Å². The summed E-state index contributed by atoms with van der Waals surface area (Å²) in [4.78, 5) is 25.2. The van der Waals surface area contributed by atoms with Crippen LogP contribution in [0.25, 0.3) is 0 Å². The van der Waals surface area contributed by atoms with Gasteiger partial charge in [-0.25, -0.2) is 0 Å². The molecule has 0 fully saturated rings. The minimum absolute atomic E-state index is 0.179. The van der Waals surface area contributed by atoms with Crippen LogP contribution in [-0.2, 0) is 11.4 Å². The van der Waals surface area contributed by atoms with E-state index < -0.39 is 11.9 Å². The topological polar surface area (TPSA) is 80.6 Å². The molecule has 1 atom stereocenters. The summed E-state index contributed by atoms with van der Waals surface area (Å²) < 4.78 is 11.0. The van der Waals surface area contributed by atoms with Crippen LogP contribution >= 0.6 is 11.8 Å². The van der Waals surface area contributed by atoms with E-state index in [9.17, 15) is 9.59 Å². The Bertz CT molecular complexity index is 990. The van der Waals surface area contributed by atoms with Gasteiger partial charge in [0.05, 0.1) is 6.26 Å². The summed E-state index contributed by atoms with van der Waals surface area (Å²) in [6.07, 6.45) is 3.90. The van der Waals surface area contributed by atoms with E-state index in [1.807, 2.05) is 61.7 Å². The lowest BCUT2D eigenvalue weighted by Gasteiger charge is -2.19. The number of carbonyl (C=O) groups is 2. The number of carbonyl (C=O) groups excluding carboxylic acids is 2. The van der Waals surface area contributed by atoms with Gasteiger partial charge in [-0.2, -0.15) is 11.8 Å². The molecule has 0 saturated carbocycles. The van der Waals surface area contributed by atoms with Crippen LogP contribution in [0, 0.1) is 6.92 Å². The molecule has 2 N–H and O–H groups in total. The number of rotatable bonds is 10. The molecule has 3 aromatic rings. The molecular formula is C24H26N2O4S. The Labute approximate surface area is 186 Å². The summed E-state index contributed by atoms with van der Waals surface area (Å²) >= 11 is 1.62. The molecule has 7 heteroatoms. The Morgan fingerprint density at radius 1 is 1.10 bits per heavy atom. The number of benzene rings is 2. The van der Waals surface area contributed by atoms with E-state index >= 15 is 0 Å². The van der Waals surface area contributed by atoms with Crippen molar-refractivity contribution in [1.29, 1.82) is 0 Å². The molecule has 31 heavy (non-hydrogen) atoms. The van der Waals surface area contributed by atoms with Crippen LogP contribution in [0.2, 0.25) is 0 Å². The molecule has 1 unspecified atom stereocenters. The van der Waals surface area contributed by atoms with Crippen molar-refractivity contribution >= 4 is 29.3 Å². The van der Waals surface area contributed by atoms with Crippen LogP contribution in [0.15, 0.2) is 71.3 Å². The zero-order valence-electron chi connectivity index (χ0n) is 17.6. The van der Waals surface area contributed by atoms with Gasteiger partial charge in [-0.05, 0) is 66.8 Å². The van der Waals surface area contributed by atoms with Gasteiger partial charge >= 0.3 is 0 Å². The van der Waals surface area contributed by atoms with E-state index in [1.165, 1.54) is 6.26 Å². The van der Waals surface area contributed by atoms with Crippen molar-refractivity contribution in [1.82, 2.24) is 5.32 Å². The normalized spacial score (nSPS) is 11.5. The minimum Gasteiger partial charge on any atom is -0.489 e. The highest BCUT2D eigenvalue weighted by Crippen LogP contribution is 2.22. The van der Waals surface area contributed by atoms with Gasteiger partial charge in [0.1, 0.15) is 18.4 Å². The van der Waals surface area contributed by atoms with Gasteiger partial charge in [0, 0.05) is 5.69 Å². The summed E-state index contributed by atoms with van der Waals surface area (Å²) in [6.45, 7) is 2.38. The maximum atomic E-state index is 12.9. The molecule has 3 rings (SSSR count). The van der Waals surface area contributed by atoms with Crippen LogP contribution in [0.5, 0.6) is 5.75 Å². The Kier molecular flexibility index (Phi) is 8.18. The first-order valence-corrected chi connectivity index (χ1v) is 11.4. The Morgan fingerprint density at radius 3 is 2.58 bits per heavy atom. The van der Waals surface area contributed by atoms with E-state index in [2.05, 4.69) is 10.6 Å². The molecule has 6 nitrogen and oxygen atoms in total. The average Bonchev–Trinajstić information content (AvgIpc) is 3.32. The van der Waals surface area contributed by atoms with Gasteiger partial charge in [-0.3, -0.25) is 9.59 Å². The van der Waals surface area contributed by atoms with Crippen LogP contribution in [0.3, 0.4) is 0 Å². The fraction of sp³-hybridized carbons (Fsp3) is 0.250. The van der Waals surface area contributed by atoms with E-state index in [0.29, 0.717) is 18.7 Å². The minimum atomic E-state index is -0.668. The van der Waals surface area contributed by atoms with E-state index in [-0.39, 0.29) is 11.7 Å². The first-order valence-electron chi connectivity index (χ1n) is 9.98. The maximum Gasteiger partial charge on any atom is 0.287 e. The maximum absolute atomic E-state index is 12.9. The third-order valence-electron chi connectivity index (χ3n) is 4.68. The second-order valence-electron chi connectivity index (χ2n) is 7.03. The fourth-order valence-electron chi connectivity index (χ4n) is 2.97. The highest BCUT2D eigenvalue weighted by molar-refractivity contribution is 7.98. The third kappa shape index (κ3) is 6.65. The van der Waals surface area contributed by atoms with Crippen molar-refractivity contribution < 1.29 is 18.7 Å². The van der Waals surface area contributed by atoms with Crippen molar-refractivity contribution in [3.63, 3.8) is 0 Å². The molecule has 1 aromatic heterocycles. The second-order valence-corrected chi connectivity index (χ2v) is 8.01. The zero-order valence-corrected chi connectivity index (χ0v) is 18.4. The van der Waals surface area contributed by atoms with Crippen molar-refractivity contribution in [2.75, 3.05) is 17.3 Å². The molecule has 0 saturated heterocycles. The molecule has 0 radical (unpaired) electrons. The van der Waals surface area contributed by atoms with E-state index in [4.69, 9.17) is 9.15 Å². The average molecular weight is 439 g/mol. The fourth-order valence-corrected chi connectivity index (χ4v) is 3.44. The highest BCUT2D eigenvalue weighted by atomic mass is 32.2. The van der Waals surface area contributed by atoms with Gasteiger partial charge in [0.25, 0.3) is 5.91 Å². The lowest BCUT2D eigenvalue weighted by Crippen LogP contribution is -2.44. The van der Waals surface area contributed by atoms with Gasteiger partial charge in [-0.15, -0.1) is 0 Å². The Balaban J connectivity index is 1.62. The summed E-state index contributed by atoms with van der Waals surface area (Å²) in [5.74, 6) is 0.965. The van der Waals surface area contributed by atoms with E-state index in [1.54, 1.807) is 23.9 Å². The second kappa shape index (κ2) is 11.3. The molecule has 162 valence electrons. The summed E-state index contributed by atoms with van der Waals surface area (Å²) in [7, 11) is 0. The van der Waals surface area contributed by atoms with Crippen molar-refractivity contribution in [3.05, 3.63) is 83.8 Å². The third-order valence-corrected chi connectivity index (χ3v) is 5.33. The monoisotopic (exact) mass is 438 g/mol. The SMILES string of the molecule is CSCCC(NC(=O)c1ccco1)C(=O)Nc1ccc(OCc2ccccc2)cc1C. The molecule has 0 spiro atoms. The Morgan fingerprint density at radius 2 is 1.90 bits per heavy atom. The number of amides is 2. The van der Waals surface area contributed by atoms with Crippen LogP contribution in [0.4, 0.5) is 5.69 Å². The van der Waals surface area contributed by atoms with Crippen LogP contribution < -0.4 is 15.4 Å².